The molecule has 158 valence electrons. The predicted octanol–water partition coefficient (Wildman–Crippen LogP) is 5.20. The predicted molar refractivity (Wildman–Crippen MR) is 119 cm³/mol. The molecule has 0 aliphatic carbocycles. The highest BCUT2D eigenvalue weighted by atomic mass is 31.1. The summed E-state index contributed by atoms with van der Waals surface area (Å²) in [5, 5.41) is 0.805. The van der Waals surface area contributed by atoms with E-state index in [1.165, 1.54) is 0 Å². The topological polar surface area (TPSA) is 54.0 Å². The number of methoxy groups -OCH3 is 2. The lowest BCUT2D eigenvalue weighted by atomic mass is 10.2. The molecule has 0 heterocycles. The minimum atomic E-state index is -0.412. The Morgan fingerprint density at radius 3 is 1.83 bits per heavy atom. The highest BCUT2D eigenvalue weighted by Gasteiger charge is 2.23. The molecular formula is C23H31O5P. The number of carbonyl (C=O) groups is 1. The van der Waals surface area contributed by atoms with E-state index in [1.807, 2.05) is 59.7 Å². The molecule has 2 rings (SSSR count). The molecule has 1 atom stereocenters. The Labute approximate surface area is 175 Å². The summed E-state index contributed by atoms with van der Waals surface area (Å²) in [4.78, 5) is 13.2. The molecule has 0 saturated carbocycles. The van der Waals surface area contributed by atoms with Gasteiger partial charge in [-0.15, -0.1) is 0 Å². The second-order valence-corrected chi connectivity index (χ2v) is 9.82. The largest absolute Gasteiger partial charge is 0.496 e. The Balaban J connectivity index is 2.42. The second kappa shape index (κ2) is 9.04. The summed E-state index contributed by atoms with van der Waals surface area (Å²) in [5.74, 6) is 2.33. The van der Waals surface area contributed by atoms with Gasteiger partial charge in [0.1, 0.15) is 39.8 Å². The zero-order valence-electron chi connectivity index (χ0n) is 18.5. The monoisotopic (exact) mass is 418 g/mol. The van der Waals surface area contributed by atoms with Crippen molar-refractivity contribution in [1.82, 2.24) is 0 Å². The van der Waals surface area contributed by atoms with Crippen LogP contribution in [0.25, 0.3) is 0 Å². The van der Waals surface area contributed by atoms with Crippen LogP contribution in [0.2, 0.25) is 0 Å². The summed E-state index contributed by atoms with van der Waals surface area (Å²) in [6.07, 6.45) is 0. The van der Waals surface area contributed by atoms with Crippen molar-refractivity contribution in [1.29, 1.82) is 0 Å². The van der Waals surface area contributed by atoms with Crippen LogP contribution in [0.4, 0.5) is 0 Å². The zero-order chi connectivity index (χ0) is 21.8. The molecule has 0 saturated heterocycles. The van der Waals surface area contributed by atoms with Crippen LogP contribution in [-0.2, 0) is 0 Å². The quantitative estimate of drug-likeness (QED) is 0.579. The van der Waals surface area contributed by atoms with Crippen molar-refractivity contribution in [3.8, 4) is 23.0 Å². The maximum Gasteiger partial charge on any atom is 0.193 e. The number of rotatable bonds is 7. The average Bonchev–Trinajstić information content (AvgIpc) is 2.60. The molecule has 2 aromatic carbocycles. The third-order valence-corrected chi connectivity index (χ3v) is 4.86. The lowest BCUT2D eigenvalue weighted by Crippen LogP contribution is -2.26. The van der Waals surface area contributed by atoms with Crippen molar-refractivity contribution in [2.75, 3.05) is 14.2 Å². The number of hydrogen-bond donors (Lipinski definition) is 0. The fourth-order valence-electron chi connectivity index (χ4n) is 2.70. The summed E-state index contributed by atoms with van der Waals surface area (Å²) >= 11 is 0. The van der Waals surface area contributed by atoms with E-state index in [-0.39, 0.29) is 19.7 Å². The molecule has 0 amide bonds. The average molecular weight is 418 g/mol. The molecule has 1 unspecified atom stereocenters. The summed E-state index contributed by atoms with van der Waals surface area (Å²) < 4.78 is 22.9. The highest BCUT2D eigenvalue weighted by Crippen LogP contribution is 2.36. The van der Waals surface area contributed by atoms with Crippen LogP contribution >= 0.6 is 8.58 Å². The molecule has 29 heavy (non-hydrogen) atoms. The van der Waals surface area contributed by atoms with Crippen LogP contribution in [0.5, 0.6) is 23.0 Å². The molecule has 5 nitrogen and oxygen atoms in total. The van der Waals surface area contributed by atoms with E-state index in [0.29, 0.717) is 28.6 Å². The molecule has 2 aromatic rings. The van der Waals surface area contributed by atoms with Crippen molar-refractivity contribution in [3.05, 3.63) is 42.0 Å². The number of hydrogen-bond acceptors (Lipinski definition) is 5. The third-order valence-electron chi connectivity index (χ3n) is 3.70. The molecule has 0 fully saturated rings. The SMILES string of the molecule is COc1cccc(OC)c1C(=O)Pc1ccc(OC(C)(C)C)cc1OC(C)(C)C. The zero-order valence-corrected chi connectivity index (χ0v) is 19.5. The molecular weight excluding hydrogens is 387 g/mol. The van der Waals surface area contributed by atoms with Gasteiger partial charge in [0, 0.05) is 11.4 Å². The van der Waals surface area contributed by atoms with Gasteiger partial charge in [0.15, 0.2) is 5.52 Å². The van der Waals surface area contributed by atoms with Crippen molar-refractivity contribution in [3.63, 3.8) is 0 Å². The van der Waals surface area contributed by atoms with Gasteiger partial charge in [-0.25, -0.2) is 0 Å². The van der Waals surface area contributed by atoms with Crippen LogP contribution in [0, 0.1) is 0 Å². The van der Waals surface area contributed by atoms with E-state index in [4.69, 9.17) is 18.9 Å². The lowest BCUT2D eigenvalue weighted by molar-refractivity contribution is 0.107. The van der Waals surface area contributed by atoms with Crippen LogP contribution in [-0.4, -0.2) is 30.9 Å². The maximum absolute atomic E-state index is 13.2. The van der Waals surface area contributed by atoms with E-state index in [0.717, 1.165) is 5.30 Å². The number of benzene rings is 2. The Hall–Kier alpha value is -2.26. The van der Waals surface area contributed by atoms with Gasteiger partial charge in [0.2, 0.25) is 0 Å². The Morgan fingerprint density at radius 2 is 1.34 bits per heavy atom. The number of carbonyl (C=O) groups excluding carboxylic acids is 1. The first kappa shape index (κ1) is 23.0. The molecule has 0 aromatic heterocycles. The fourth-order valence-corrected chi connectivity index (χ4v) is 3.73. The summed E-state index contributed by atoms with van der Waals surface area (Å²) in [7, 11) is 2.93. The first-order valence-corrected chi connectivity index (χ1v) is 10.5. The van der Waals surface area contributed by atoms with Gasteiger partial charge in [-0.05, 0) is 74.4 Å². The van der Waals surface area contributed by atoms with Gasteiger partial charge >= 0.3 is 0 Å². The van der Waals surface area contributed by atoms with Gasteiger partial charge in [0.25, 0.3) is 0 Å². The van der Waals surface area contributed by atoms with Gasteiger partial charge in [-0.1, -0.05) is 6.07 Å². The minimum Gasteiger partial charge on any atom is -0.496 e. The van der Waals surface area contributed by atoms with Crippen molar-refractivity contribution in [2.45, 2.75) is 52.7 Å². The summed E-state index contributed by atoms with van der Waals surface area (Å²) in [6.45, 7) is 11.9. The summed E-state index contributed by atoms with van der Waals surface area (Å²) in [6, 6.07) is 10.9. The van der Waals surface area contributed by atoms with Crippen LogP contribution in [0.15, 0.2) is 36.4 Å². The molecule has 6 heteroatoms. The highest BCUT2D eigenvalue weighted by molar-refractivity contribution is 7.66. The van der Waals surface area contributed by atoms with E-state index >= 15 is 0 Å². The second-order valence-electron chi connectivity index (χ2n) is 8.58. The Bertz CT molecular complexity index is 840. The molecule has 0 N–H and O–H groups in total. The van der Waals surface area contributed by atoms with E-state index < -0.39 is 5.60 Å². The third kappa shape index (κ3) is 6.64. The minimum absolute atomic E-state index is 0.0810. The van der Waals surface area contributed by atoms with Crippen molar-refractivity contribution in [2.24, 2.45) is 0 Å². The molecule has 0 bridgehead atoms. The molecule has 0 spiro atoms. The lowest BCUT2D eigenvalue weighted by Gasteiger charge is -2.26. The molecule has 0 aliphatic rings. The molecule has 0 aliphatic heterocycles. The van der Waals surface area contributed by atoms with Crippen LogP contribution in [0.3, 0.4) is 0 Å². The van der Waals surface area contributed by atoms with Crippen molar-refractivity contribution >= 4 is 19.4 Å². The normalized spacial score (nSPS) is 12.1. The van der Waals surface area contributed by atoms with Crippen LogP contribution in [0.1, 0.15) is 51.9 Å². The Kier molecular flexibility index (Phi) is 7.18. The fraction of sp³-hybridized carbons (Fsp3) is 0.435. The van der Waals surface area contributed by atoms with Crippen molar-refractivity contribution < 1.29 is 23.7 Å². The molecule has 0 radical (unpaired) electrons. The summed E-state index contributed by atoms with van der Waals surface area (Å²) in [5.41, 5.74) is -0.385. The number of ether oxygens (including phenoxy) is 4. The van der Waals surface area contributed by atoms with E-state index in [1.54, 1.807) is 32.4 Å². The van der Waals surface area contributed by atoms with Gasteiger partial charge in [-0.3, -0.25) is 4.79 Å². The van der Waals surface area contributed by atoms with Crippen LogP contribution < -0.4 is 24.3 Å². The maximum atomic E-state index is 13.2. The van der Waals surface area contributed by atoms with Gasteiger partial charge in [-0.2, -0.15) is 0 Å². The van der Waals surface area contributed by atoms with E-state index in [9.17, 15) is 4.79 Å². The standard InChI is InChI=1S/C23H31O5P/c1-22(2,3)27-15-12-13-19(18(14-15)28-23(4,5)6)29-21(24)20-16(25-7)10-9-11-17(20)26-8/h9-14,29H,1-8H3. The van der Waals surface area contributed by atoms with E-state index in [2.05, 4.69) is 0 Å². The Morgan fingerprint density at radius 1 is 0.793 bits per heavy atom. The smallest absolute Gasteiger partial charge is 0.193 e. The van der Waals surface area contributed by atoms with Gasteiger partial charge < -0.3 is 18.9 Å². The van der Waals surface area contributed by atoms with Gasteiger partial charge in [0.05, 0.1) is 14.2 Å². The first-order chi connectivity index (χ1) is 13.4. The first-order valence-electron chi connectivity index (χ1n) is 9.48.